The van der Waals surface area contributed by atoms with Crippen molar-refractivity contribution in [2.45, 2.75) is 11.8 Å². The molecule has 2 aromatic carbocycles. The summed E-state index contributed by atoms with van der Waals surface area (Å²) < 4.78 is 36.8. The molecule has 0 aliphatic carbocycles. The highest BCUT2D eigenvalue weighted by atomic mass is 79.9. The molecule has 0 aliphatic rings. The molecule has 0 saturated carbocycles. The molecule has 0 aliphatic heterocycles. The quantitative estimate of drug-likeness (QED) is 0.577. The van der Waals surface area contributed by atoms with Crippen molar-refractivity contribution in [2.75, 3.05) is 32.6 Å². The Bertz CT molecular complexity index is 1010. The fourth-order valence-electron chi connectivity index (χ4n) is 2.41. The van der Waals surface area contributed by atoms with Crippen LogP contribution in [0.5, 0.6) is 5.75 Å². The number of benzene rings is 2. The predicted molar refractivity (Wildman–Crippen MR) is 112 cm³/mol. The molecule has 29 heavy (non-hydrogen) atoms. The summed E-state index contributed by atoms with van der Waals surface area (Å²) in [6.45, 7) is 1.49. The fourth-order valence-corrected chi connectivity index (χ4v) is 4.57. The van der Waals surface area contributed by atoms with Crippen LogP contribution in [0.4, 0.5) is 5.69 Å². The van der Waals surface area contributed by atoms with Crippen LogP contribution in [0.25, 0.3) is 0 Å². The third-order valence-corrected chi connectivity index (χ3v) is 6.63. The molecule has 10 heteroatoms. The van der Waals surface area contributed by atoms with Crippen LogP contribution in [0.15, 0.2) is 51.8 Å². The number of anilines is 1. The number of carbonyl (C=O) groups excluding carboxylic acids is 2. The molecule has 2 rings (SSSR count). The van der Waals surface area contributed by atoms with Gasteiger partial charge in [0.25, 0.3) is 0 Å². The first-order valence-electron chi connectivity index (χ1n) is 8.56. The molecule has 0 atom stereocenters. The van der Waals surface area contributed by atoms with Crippen LogP contribution in [-0.2, 0) is 19.6 Å². The summed E-state index contributed by atoms with van der Waals surface area (Å²) in [4.78, 5) is 24.0. The zero-order valence-corrected chi connectivity index (χ0v) is 18.5. The molecule has 8 nitrogen and oxygen atoms in total. The first-order chi connectivity index (χ1) is 13.7. The second-order valence-corrected chi connectivity index (χ2v) is 8.77. The molecule has 1 amide bonds. The standard InChI is InChI=1S/C19H21BrN2O6S/c1-4-28-19(24)13-8-9-17(16(20)10-13)29(25,26)22(2)12-18(23)21-14-6-5-7-15(11-14)27-3/h5-11H,4,12H2,1-3H3,(H,21,23). The van der Waals surface area contributed by atoms with Gasteiger partial charge in [0.15, 0.2) is 0 Å². The van der Waals surface area contributed by atoms with Crippen LogP contribution in [0.3, 0.4) is 0 Å². The second-order valence-electron chi connectivity index (χ2n) is 5.91. The average molecular weight is 485 g/mol. The first kappa shape index (κ1) is 22.9. The summed E-state index contributed by atoms with van der Waals surface area (Å²) >= 11 is 3.18. The van der Waals surface area contributed by atoms with Gasteiger partial charge in [0, 0.05) is 23.3 Å². The van der Waals surface area contributed by atoms with Crippen molar-refractivity contribution in [3.8, 4) is 5.75 Å². The van der Waals surface area contributed by atoms with Gasteiger partial charge in [0.05, 0.1) is 30.7 Å². The van der Waals surface area contributed by atoms with Crippen molar-refractivity contribution in [2.24, 2.45) is 0 Å². The normalized spacial score (nSPS) is 11.2. The van der Waals surface area contributed by atoms with Gasteiger partial charge >= 0.3 is 5.97 Å². The molecular formula is C19H21BrN2O6S. The van der Waals surface area contributed by atoms with Crippen molar-refractivity contribution < 1.29 is 27.5 Å². The minimum atomic E-state index is -3.98. The molecule has 0 bridgehead atoms. The van der Waals surface area contributed by atoms with Gasteiger partial charge in [-0.05, 0) is 53.2 Å². The third kappa shape index (κ3) is 5.78. The maximum atomic E-state index is 12.8. The SMILES string of the molecule is CCOC(=O)c1ccc(S(=O)(=O)N(C)CC(=O)Nc2cccc(OC)c2)c(Br)c1. The summed E-state index contributed by atoms with van der Waals surface area (Å²) in [6.07, 6.45) is 0. The highest BCUT2D eigenvalue weighted by Gasteiger charge is 2.26. The Hall–Kier alpha value is -2.43. The minimum Gasteiger partial charge on any atom is -0.497 e. The van der Waals surface area contributed by atoms with Gasteiger partial charge in [-0.2, -0.15) is 4.31 Å². The zero-order valence-electron chi connectivity index (χ0n) is 16.1. The average Bonchev–Trinajstić information content (AvgIpc) is 2.67. The largest absolute Gasteiger partial charge is 0.497 e. The van der Waals surface area contributed by atoms with Crippen molar-refractivity contribution in [1.29, 1.82) is 0 Å². The van der Waals surface area contributed by atoms with Crippen molar-refractivity contribution in [3.63, 3.8) is 0 Å². The highest BCUT2D eigenvalue weighted by Crippen LogP contribution is 2.26. The zero-order chi connectivity index (χ0) is 21.6. The summed E-state index contributed by atoms with van der Waals surface area (Å²) in [5.41, 5.74) is 0.705. The number of rotatable bonds is 8. The first-order valence-corrected chi connectivity index (χ1v) is 10.8. The van der Waals surface area contributed by atoms with Gasteiger partial charge in [-0.3, -0.25) is 4.79 Å². The molecular weight excluding hydrogens is 464 g/mol. The number of halogens is 1. The fraction of sp³-hybridized carbons (Fsp3) is 0.263. The number of carbonyl (C=O) groups is 2. The lowest BCUT2D eigenvalue weighted by atomic mass is 10.2. The molecule has 0 unspecified atom stereocenters. The van der Waals surface area contributed by atoms with E-state index >= 15 is 0 Å². The van der Waals surface area contributed by atoms with Gasteiger partial charge in [-0.15, -0.1) is 0 Å². The van der Waals surface area contributed by atoms with Crippen LogP contribution in [0.2, 0.25) is 0 Å². The van der Waals surface area contributed by atoms with E-state index in [2.05, 4.69) is 21.2 Å². The van der Waals surface area contributed by atoms with Gasteiger partial charge in [-0.25, -0.2) is 13.2 Å². The molecule has 1 N–H and O–H groups in total. The Morgan fingerprint density at radius 2 is 1.90 bits per heavy atom. The van der Waals surface area contributed by atoms with E-state index < -0.39 is 28.4 Å². The number of esters is 1. The third-order valence-electron chi connectivity index (χ3n) is 3.85. The van der Waals surface area contributed by atoms with E-state index in [1.54, 1.807) is 31.2 Å². The summed E-state index contributed by atoms with van der Waals surface area (Å²) in [5, 5.41) is 2.63. The minimum absolute atomic E-state index is 0.0674. The number of methoxy groups -OCH3 is 1. The van der Waals surface area contributed by atoms with E-state index in [0.29, 0.717) is 11.4 Å². The highest BCUT2D eigenvalue weighted by molar-refractivity contribution is 9.10. The van der Waals surface area contributed by atoms with Crippen molar-refractivity contribution in [1.82, 2.24) is 4.31 Å². The molecule has 0 radical (unpaired) electrons. The molecule has 156 valence electrons. The lowest BCUT2D eigenvalue weighted by molar-refractivity contribution is -0.116. The van der Waals surface area contributed by atoms with Crippen molar-refractivity contribution in [3.05, 3.63) is 52.5 Å². The molecule has 0 fully saturated rings. The van der Waals surface area contributed by atoms with Gasteiger partial charge in [-0.1, -0.05) is 6.07 Å². The van der Waals surface area contributed by atoms with Crippen LogP contribution >= 0.6 is 15.9 Å². The van der Waals surface area contributed by atoms with E-state index in [1.165, 1.54) is 32.4 Å². The Kier molecular flexibility index (Phi) is 7.77. The van der Waals surface area contributed by atoms with E-state index in [0.717, 1.165) is 4.31 Å². The topological polar surface area (TPSA) is 102 Å². The number of amides is 1. The number of hydrogen-bond acceptors (Lipinski definition) is 6. The smallest absolute Gasteiger partial charge is 0.338 e. The number of nitrogens with zero attached hydrogens (tertiary/aromatic N) is 1. The monoisotopic (exact) mass is 484 g/mol. The van der Waals surface area contributed by atoms with Crippen molar-refractivity contribution >= 4 is 43.5 Å². The second kappa shape index (κ2) is 9.86. The summed E-state index contributed by atoms with van der Waals surface area (Å²) in [7, 11) is -1.17. The molecule has 0 spiro atoms. The van der Waals surface area contributed by atoms with E-state index in [9.17, 15) is 18.0 Å². The maximum Gasteiger partial charge on any atom is 0.338 e. The van der Waals surface area contributed by atoms with Gasteiger partial charge in [0.1, 0.15) is 5.75 Å². The van der Waals surface area contributed by atoms with Gasteiger partial charge in [0.2, 0.25) is 15.9 Å². The molecule has 0 saturated heterocycles. The molecule has 0 heterocycles. The molecule has 2 aromatic rings. The predicted octanol–water partition coefficient (Wildman–Crippen LogP) is 2.89. The van der Waals surface area contributed by atoms with Crippen LogP contribution in [-0.4, -0.2) is 51.9 Å². The lowest BCUT2D eigenvalue weighted by Gasteiger charge is -2.18. The summed E-state index contributed by atoms with van der Waals surface area (Å²) in [5.74, 6) is -0.499. The van der Waals surface area contributed by atoms with E-state index in [1.807, 2.05) is 0 Å². The number of nitrogens with one attached hydrogen (secondary N) is 1. The summed E-state index contributed by atoms with van der Waals surface area (Å²) in [6, 6.07) is 10.7. The maximum absolute atomic E-state index is 12.8. The number of sulfonamides is 1. The Balaban J connectivity index is 2.13. The molecule has 0 aromatic heterocycles. The van der Waals surface area contributed by atoms with Crippen LogP contribution < -0.4 is 10.1 Å². The van der Waals surface area contributed by atoms with E-state index in [4.69, 9.17) is 9.47 Å². The number of ether oxygens (including phenoxy) is 2. The Labute approximate surface area is 178 Å². The number of hydrogen-bond donors (Lipinski definition) is 1. The number of likely N-dealkylation sites (N-methyl/N-ethyl adjacent to an activating group) is 1. The van der Waals surface area contributed by atoms with Crippen LogP contribution in [0.1, 0.15) is 17.3 Å². The van der Waals surface area contributed by atoms with Gasteiger partial charge < -0.3 is 14.8 Å². The van der Waals surface area contributed by atoms with Crippen LogP contribution in [0, 0.1) is 0 Å². The Morgan fingerprint density at radius 1 is 1.17 bits per heavy atom. The Morgan fingerprint density at radius 3 is 2.52 bits per heavy atom. The lowest BCUT2D eigenvalue weighted by Crippen LogP contribution is -2.35. The van der Waals surface area contributed by atoms with E-state index in [-0.39, 0.29) is 21.5 Å².